The van der Waals surface area contributed by atoms with Gasteiger partial charge in [-0.15, -0.1) is 0 Å². The smallest absolute Gasteiger partial charge is 0.337 e. The van der Waals surface area contributed by atoms with Crippen molar-refractivity contribution >= 4 is 63.2 Å². The lowest BCUT2D eigenvalue weighted by molar-refractivity contribution is -0.221. The fourth-order valence-corrected chi connectivity index (χ4v) is 39.5. The number of ether oxygens (including phenoxy) is 2. The number of ketones is 1. The average Bonchev–Trinajstić information content (AvgIpc) is 1.67. The zero-order valence-corrected chi connectivity index (χ0v) is 96.7. The summed E-state index contributed by atoms with van der Waals surface area (Å²) in [4.78, 5) is 80.0. The Bertz CT molecular complexity index is 5610. The molecule has 0 aliphatic heterocycles. The lowest BCUT2D eigenvalue weighted by Gasteiger charge is -2.72. The number of rotatable bonds is 24. The highest BCUT2D eigenvalue weighted by molar-refractivity contribution is 6.66. The summed E-state index contributed by atoms with van der Waals surface area (Å²) in [5.74, 6) is 7.91. The molecule has 12 saturated carbocycles. The van der Waals surface area contributed by atoms with Crippen molar-refractivity contribution in [3.63, 3.8) is 0 Å². The predicted molar refractivity (Wildman–Crippen MR) is 606 cm³/mol. The maximum atomic E-state index is 13.1. The zero-order valence-electron chi connectivity index (χ0n) is 96.0. The Morgan fingerprint density at radius 1 is 0.395 bits per heavy atom. The fraction of sp³-hybridized carbons (Fsp3) is 0.682. The molecular weight excluding hydrogens is 1830 g/mol. The first-order valence-electron chi connectivity index (χ1n) is 57.5. The quantitative estimate of drug-likeness (QED) is 0.0333. The number of likely N-dealkylation sites (N-methyl/N-ethyl adjacent to an activating group) is 2. The molecule has 3 aromatic rings. The van der Waals surface area contributed by atoms with E-state index in [0.717, 1.165) is 64.7 Å². The minimum absolute atomic E-state index is 0.0128. The van der Waals surface area contributed by atoms with Gasteiger partial charge in [0.1, 0.15) is 0 Å². The topological polar surface area (TPSA) is 189 Å². The molecule has 806 valence electrons. The van der Waals surface area contributed by atoms with Gasteiger partial charge in [-0.05, 0) is 519 Å². The van der Waals surface area contributed by atoms with Crippen LogP contribution in [0.1, 0.15) is 359 Å². The summed E-state index contributed by atoms with van der Waals surface area (Å²) in [5.41, 5.74) is 21.3. The SMILES string of the molecule is C=C(C)[C@@H]1CC[C@]2(/C=C/C(=O)CCCN(C)C)CC[C@]3(C)[C@H](CC[C@@H]4[C@@]5(C)CC=C(c6ccc(C(=O)O)cc6)C(C)(C)[C@@H]5CC[C@]43C)[C@@H]12.C=C(C)[C@@H]1CC[C@]2(/C=C/C(=O)Cl)CC[C@]3(C)[C@H](CC[C@@H]4[C@@]5(C)CC=C(c6ccc(C(=O)OC)cc6)C(C)(C)[C@@H]5CC[C@]43C)[C@@H]12.C=C(C)[C@@H]1CC[C@]2(/C=C/C(=O)NCCN(C)C)CC[C@]3(C)[C@H](CC[C@@H]4[C@@]5(C)CC=C(c6ccc(C(=O)OC)cc6)C(C)(C)[C@@H]5CC[C@]43C)[C@@H]12.CN(C)CCN. The molecule has 147 heavy (non-hydrogen) atoms. The summed E-state index contributed by atoms with van der Waals surface area (Å²) >= 11 is 5.87. The van der Waals surface area contributed by atoms with E-state index in [0.29, 0.717) is 124 Å². The van der Waals surface area contributed by atoms with Crippen molar-refractivity contribution in [3.05, 3.63) is 197 Å². The summed E-state index contributed by atoms with van der Waals surface area (Å²) in [6, 6.07) is 23.7. The monoisotopic (exact) mass is 2030 g/mol. The third-order valence-corrected chi connectivity index (χ3v) is 47.1. The van der Waals surface area contributed by atoms with E-state index in [1.165, 1.54) is 206 Å². The van der Waals surface area contributed by atoms with E-state index in [1.807, 2.05) is 76.7 Å². The van der Waals surface area contributed by atoms with E-state index in [2.05, 4.69) is 239 Å². The van der Waals surface area contributed by atoms with Crippen molar-refractivity contribution in [3.8, 4) is 0 Å². The number of nitrogens with one attached hydrogen (secondary N) is 1. The number of aromatic carboxylic acids is 1. The number of benzene rings is 3. The lowest BCUT2D eigenvalue weighted by atomic mass is 9.32. The number of halogens is 1. The van der Waals surface area contributed by atoms with Crippen molar-refractivity contribution in [1.29, 1.82) is 0 Å². The Kier molecular flexibility index (Phi) is 32.9. The summed E-state index contributed by atoms with van der Waals surface area (Å²) in [7, 11) is 15.1. The molecule has 0 unspecified atom stereocenters. The zero-order chi connectivity index (χ0) is 107. The summed E-state index contributed by atoms with van der Waals surface area (Å²) in [6.45, 7) is 63.5. The molecule has 0 saturated heterocycles. The highest BCUT2D eigenvalue weighted by atomic mass is 35.5. The molecule has 0 bridgehead atoms. The van der Waals surface area contributed by atoms with E-state index in [4.69, 9.17) is 26.8 Å². The number of carbonyl (C=O) groups excluding carboxylic acids is 5. The first kappa shape index (κ1) is 114. The molecule has 4 N–H and O–H groups in total. The van der Waals surface area contributed by atoms with Crippen molar-refractivity contribution in [2.45, 2.75) is 311 Å². The molecule has 18 rings (SSSR count). The van der Waals surface area contributed by atoms with Crippen LogP contribution in [0.2, 0.25) is 0 Å². The first-order valence-corrected chi connectivity index (χ1v) is 57.8. The van der Waals surface area contributed by atoms with E-state index in [-0.39, 0.29) is 104 Å². The molecular formula is C132H192ClN5O9. The van der Waals surface area contributed by atoms with Crippen LogP contribution in [0.15, 0.2) is 164 Å². The van der Waals surface area contributed by atoms with E-state index in [9.17, 15) is 33.9 Å². The average molecular weight is 2030 g/mol. The molecule has 3 aromatic carbocycles. The second kappa shape index (κ2) is 42.5. The lowest BCUT2D eigenvalue weighted by Crippen LogP contribution is -2.65. The van der Waals surface area contributed by atoms with E-state index >= 15 is 0 Å². The van der Waals surface area contributed by atoms with Crippen LogP contribution in [0.3, 0.4) is 0 Å². The number of amides is 1. The normalized spacial score (nSPS) is 39.3. The number of nitrogens with two attached hydrogens (primary N) is 1. The standard InChI is InChI=1S/C44H64N2O3.C44H63NO3.C40H53ClO3.C4H12N2/c1-29(2)32-17-23-44(24-20-37(47)45-27-28-46(8)9)26-25-42(6)34(38(32)44)15-16-36-41(5)21-18-33(30-11-13-31(14-12-30)39(48)49-10)40(3,4)35(41)19-22-43(36,42)7;1-29(2)33-19-25-44(24-18-32(46)11-10-28-45(8)9)27-26-42(6)35(38(33)44)16-17-37-41(5)22-20-34(30-12-14-31(15-13-30)39(47)48)40(3,4)36(41)21-23-43(37,42)7;1-25(2)28-15-21-40(22-18-33(41)42)24-23-38(6)30(34(28)40)13-14-32-37(5)19-16-29(26-9-11-27(12-10-26)35(43)44-8)36(3,4)31(37)17-20-39(32,38)7;1-6(2)4-3-5/h11-14,18,20,24,32,34-36,38H,1,15-17,19,21-23,25-28H2,2-10H3,(H,45,47);12-15,18,20,24,33,35-38H,1,10-11,16-17,19,21-23,25-28H2,2-9H3,(H,47,48);9-12,16,18,22,28,30-32,34H,1,13-15,17,19-21,23-24H2,2-8H3;3-5H2,1-2H3/b24-20+;24-18+;22-18+;/t32-,34+,35-,36+,38+,41-,42+,43+,44-;33-,35+,36-,37+,38+,41-,42+,43+,44+;28-,30+,31-,32+,34+,37-,38+,39+,40-;/m000./s1. The second-order valence-electron chi connectivity index (χ2n) is 55.3. The maximum Gasteiger partial charge on any atom is 0.337 e. The first-order chi connectivity index (χ1) is 68.9. The Labute approximate surface area is 893 Å². The molecule has 0 aromatic heterocycles. The second-order valence-corrected chi connectivity index (χ2v) is 55.6. The van der Waals surface area contributed by atoms with Crippen molar-refractivity contribution in [2.75, 3.05) is 89.2 Å². The van der Waals surface area contributed by atoms with Gasteiger partial charge >= 0.3 is 17.9 Å². The van der Waals surface area contributed by atoms with Crippen LogP contribution < -0.4 is 11.1 Å². The molecule has 0 heterocycles. The molecule has 12 fully saturated rings. The van der Waals surface area contributed by atoms with Crippen molar-refractivity contribution in [1.82, 2.24) is 20.0 Å². The number of fused-ring (bicyclic) bond motifs is 21. The summed E-state index contributed by atoms with van der Waals surface area (Å²) in [6.07, 6.45) is 54.7. The summed E-state index contributed by atoms with van der Waals surface area (Å²) in [5, 5.41) is 12.3. The van der Waals surface area contributed by atoms with Gasteiger partial charge in [0.05, 0.1) is 30.9 Å². The van der Waals surface area contributed by atoms with Gasteiger partial charge in [-0.1, -0.05) is 213 Å². The van der Waals surface area contributed by atoms with Gasteiger partial charge in [-0.3, -0.25) is 14.4 Å². The van der Waals surface area contributed by atoms with Gasteiger partial charge in [0.15, 0.2) is 5.78 Å². The largest absolute Gasteiger partial charge is 0.478 e. The molecule has 0 spiro atoms. The highest BCUT2D eigenvalue weighted by Crippen LogP contribution is 2.83. The number of hydrogen-bond acceptors (Lipinski definition) is 12. The van der Waals surface area contributed by atoms with Gasteiger partial charge in [-0.2, -0.15) is 0 Å². The third-order valence-electron chi connectivity index (χ3n) is 47.0. The number of carbonyl (C=O) groups is 6. The van der Waals surface area contributed by atoms with Gasteiger partial charge in [0.2, 0.25) is 11.1 Å². The van der Waals surface area contributed by atoms with Crippen LogP contribution in [-0.4, -0.2) is 144 Å². The Hall–Kier alpha value is -7.33. The fourth-order valence-electron chi connectivity index (χ4n) is 39.5. The van der Waals surface area contributed by atoms with E-state index < -0.39 is 5.97 Å². The van der Waals surface area contributed by atoms with Gasteiger partial charge in [0.25, 0.3) is 0 Å². The molecule has 15 heteroatoms. The molecule has 27 atom stereocenters. The summed E-state index contributed by atoms with van der Waals surface area (Å²) < 4.78 is 9.90. The highest BCUT2D eigenvalue weighted by Gasteiger charge is 2.75. The predicted octanol–water partition coefficient (Wildman–Crippen LogP) is 29.8. The van der Waals surface area contributed by atoms with Crippen LogP contribution in [0.5, 0.6) is 0 Å². The minimum Gasteiger partial charge on any atom is -0.478 e. The number of hydrogen-bond donors (Lipinski definition) is 3. The molecule has 15 aliphatic carbocycles. The van der Waals surface area contributed by atoms with Gasteiger partial charge < -0.3 is 40.3 Å². The van der Waals surface area contributed by atoms with Crippen LogP contribution >= 0.6 is 11.6 Å². The number of nitrogens with zero attached hydrogens (tertiary/aromatic N) is 3. The Balaban J connectivity index is 0.000000161. The van der Waals surface area contributed by atoms with Gasteiger partial charge in [0, 0.05) is 32.6 Å². The number of carboxylic acid groups (broad SMARTS) is 1. The maximum absolute atomic E-state index is 13.1. The minimum atomic E-state index is -0.867. The number of methoxy groups -OCH3 is 2. The Morgan fingerprint density at radius 2 is 0.707 bits per heavy atom. The molecule has 14 nitrogen and oxygen atoms in total. The molecule has 0 radical (unpaired) electrons. The van der Waals surface area contributed by atoms with Crippen molar-refractivity contribution < 1.29 is 43.3 Å². The van der Waals surface area contributed by atoms with Crippen molar-refractivity contribution in [2.24, 2.45) is 176 Å². The number of esters is 2. The van der Waals surface area contributed by atoms with E-state index in [1.54, 1.807) is 18.2 Å². The van der Waals surface area contributed by atoms with Crippen LogP contribution in [0, 0.1) is 170 Å². The molecule has 1 amide bonds. The van der Waals surface area contributed by atoms with Gasteiger partial charge in [-0.25, -0.2) is 14.4 Å². The number of allylic oxidation sites excluding steroid dienone is 14. The van der Waals surface area contributed by atoms with Crippen LogP contribution in [0.25, 0.3) is 16.7 Å². The molecule has 15 aliphatic rings. The third kappa shape index (κ3) is 19.7. The van der Waals surface area contributed by atoms with Crippen LogP contribution in [0.4, 0.5) is 0 Å². The van der Waals surface area contributed by atoms with Crippen LogP contribution in [-0.2, 0) is 23.9 Å². The number of carboxylic acids is 1. The Morgan fingerprint density at radius 3 is 0.993 bits per heavy atom.